The lowest BCUT2D eigenvalue weighted by atomic mass is 10.1. The summed E-state index contributed by atoms with van der Waals surface area (Å²) in [7, 11) is 0. The van der Waals surface area contributed by atoms with E-state index in [1.807, 2.05) is 60.9 Å². The molecule has 0 saturated carbocycles. The Morgan fingerprint density at radius 2 is 1.96 bits per heavy atom. The number of benzene rings is 1. The highest BCUT2D eigenvalue weighted by Crippen LogP contribution is 2.19. The fourth-order valence-electron chi connectivity index (χ4n) is 2.92. The SMILES string of the molecule is O=C(Cc1c[nH]c2ccccc12)Nc1ccc(NCc2cccnc2)nc1. The van der Waals surface area contributed by atoms with Gasteiger partial charge in [-0.15, -0.1) is 0 Å². The summed E-state index contributed by atoms with van der Waals surface area (Å²) in [6, 6.07) is 15.5. The number of aromatic amines is 1. The van der Waals surface area contributed by atoms with E-state index >= 15 is 0 Å². The van der Waals surface area contributed by atoms with Crippen LogP contribution in [-0.2, 0) is 17.8 Å². The maximum absolute atomic E-state index is 12.3. The number of carbonyl (C=O) groups is 1. The van der Waals surface area contributed by atoms with Crippen molar-refractivity contribution in [3.05, 3.63) is 84.4 Å². The molecule has 1 aromatic carbocycles. The molecule has 0 aliphatic carbocycles. The van der Waals surface area contributed by atoms with Gasteiger partial charge in [0.2, 0.25) is 5.91 Å². The van der Waals surface area contributed by atoms with Crippen molar-refractivity contribution in [1.29, 1.82) is 0 Å². The first-order valence-corrected chi connectivity index (χ1v) is 8.71. The number of pyridine rings is 2. The van der Waals surface area contributed by atoms with Crippen LogP contribution in [0.5, 0.6) is 0 Å². The first kappa shape index (κ1) is 16.8. The molecule has 0 aliphatic heterocycles. The van der Waals surface area contributed by atoms with E-state index in [2.05, 4.69) is 25.6 Å². The van der Waals surface area contributed by atoms with Crippen molar-refractivity contribution in [2.24, 2.45) is 0 Å². The molecule has 0 spiro atoms. The van der Waals surface area contributed by atoms with Gasteiger partial charge in [-0.3, -0.25) is 9.78 Å². The third kappa shape index (κ3) is 4.12. The fourth-order valence-corrected chi connectivity index (χ4v) is 2.92. The minimum absolute atomic E-state index is 0.0716. The van der Waals surface area contributed by atoms with E-state index < -0.39 is 0 Å². The predicted molar refractivity (Wildman–Crippen MR) is 106 cm³/mol. The number of aromatic nitrogens is 3. The second-order valence-corrected chi connectivity index (χ2v) is 6.23. The summed E-state index contributed by atoms with van der Waals surface area (Å²) in [6.45, 7) is 0.646. The van der Waals surface area contributed by atoms with Gasteiger partial charge in [-0.25, -0.2) is 4.98 Å². The Kier molecular flexibility index (Phi) is 4.78. The number of nitrogens with zero attached hydrogens (tertiary/aromatic N) is 2. The van der Waals surface area contributed by atoms with E-state index in [1.54, 1.807) is 12.4 Å². The molecule has 1 amide bonds. The summed E-state index contributed by atoms with van der Waals surface area (Å²) >= 11 is 0. The average molecular weight is 357 g/mol. The largest absolute Gasteiger partial charge is 0.366 e. The number of rotatable bonds is 6. The van der Waals surface area contributed by atoms with Crippen molar-refractivity contribution >= 4 is 28.3 Å². The summed E-state index contributed by atoms with van der Waals surface area (Å²) in [5.41, 5.74) is 3.76. The Bertz CT molecular complexity index is 1040. The number of fused-ring (bicyclic) bond motifs is 1. The molecule has 3 aromatic heterocycles. The van der Waals surface area contributed by atoms with Crippen LogP contribution in [-0.4, -0.2) is 20.9 Å². The molecule has 6 heteroatoms. The Hall–Kier alpha value is -3.67. The van der Waals surface area contributed by atoms with Crippen LogP contribution in [0.3, 0.4) is 0 Å². The van der Waals surface area contributed by atoms with Gasteiger partial charge >= 0.3 is 0 Å². The standard InChI is InChI=1S/C21H19N5O/c27-21(10-16-13-23-19-6-2-1-5-18(16)19)26-17-7-8-20(25-14-17)24-12-15-4-3-9-22-11-15/h1-9,11,13-14,23H,10,12H2,(H,24,25)(H,26,27). The van der Waals surface area contributed by atoms with Crippen molar-refractivity contribution in [2.45, 2.75) is 13.0 Å². The minimum Gasteiger partial charge on any atom is -0.366 e. The molecule has 0 fully saturated rings. The van der Waals surface area contributed by atoms with Crippen LogP contribution in [0.1, 0.15) is 11.1 Å². The molecule has 6 nitrogen and oxygen atoms in total. The normalized spacial score (nSPS) is 10.7. The van der Waals surface area contributed by atoms with Crippen LogP contribution < -0.4 is 10.6 Å². The van der Waals surface area contributed by atoms with Gasteiger partial charge in [0.05, 0.1) is 18.3 Å². The van der Waals surface area contributed by atoms with E-state index in [0.29, 0.717) is 18.7 Å². The summed E-state index contributed by atoms with van der Waals surface area (Å²) in [5.74, 6) is 0.672. The van der Waals surface area contributed by atoms with Gasteiger partial charge < -0.3 is 15.6 Å². The van der Waals surface area contributed by atoms with Crippen molar-refractivity contribution in [2.75, 3.05) is 10.6 Å². The predicted octanol–water partition coefficient (Wildman–Crippen LogP) is 3.75. The maximum Gasteiger partial charge on any atom is 0.228 e. The molecule has 0 radical (unpaired) electrons. The van der Waals surface area contributed by atoms with Crippen LogP contribution in [0.4, 0.5) is 11.5 Å². The minimum atomic E-state index is -0.0716. The van der Waals surface area contributed by atoms with Gasteiger partial charge in [0.15, 0.2) is 0 Å². The quantitative estimate of drug-likeness (QED) is 0.491. The second-order valence-electron chi connectivity index (χ2n) is 6.23. The van der Waals surface area contributed by atoms with Crippen LogP contribution in [0.15, 0.2) is 73.3 Å². The Morgan fingerprint density at radius 3 is 2.78 bits per heavy atom. The number of H-pyrrole nitrogens is 1. The molecule has 0 saturated heterocycles. The average Bonchev–Trinajstić information content (AvgIpc) is 3.11. The summed E-state index contributed by atoms with van der Waals surface area (Å²) in [5, 5.41) is 7.19. The van der Waals surface area contributed by atoms with Crippen molar-refractivity contribution in [3.63, 3.8) is 0 Å². The zero-order chi connectivity index (χ0) is 18.5. The first-order valence-electron chi connectivity index (χ1n) is 8.71. The number of carbonyl (C=O) groups excluding carboxylic acids is 1. The topological polar surface area (TPSA) is 82.7 Å². The summed E-state index contributed by atoms with van der Waals surface area (Å²) < 4.78 is 0. The first-order chi connectivity index (χ1) is 13.3. The molecule has 0 unspecified atom stereocenters. The summed E-state index contributed by atoms with van der Waals surface area (Å²) in [4.78, 5) is 24.0. The molecule has 3 heterocycles. The van der Waals surface area contributed by atoms with E-state index in [9.17, 15) is 4.79 Å². The highest BCUT2D eigenvalue weighted by Gasteiger charge is 2.09. The molecule has 27 heavy (non-hydrogen) atoms. The van der Waals surface area contributed by atoms with Crippen LogP contribution in [0, 0.1) is 0 Å². The van der Waals surface area contributed by atoms with Crippen molar-refractivity contribution < 1.29 is 4.79 Å². The molecule has 0 aliphatic rings. The zero-order valence-corrected chi connectivity index (χ0v) is 14.6. The molecular weight excluding hydrogens is 338 g/mol. The lowest BCUT2D eigenvalue weighted by Gasteiger charge is -2.08. The fraction of sp³-hybridized carbons (Fsp3) is 0.0952. The van der Waals surface area contributed by atoms with Gasteiger partial charge in [-0.2, -0.15) is 0 Å². The molecule has 3 N–H and O–H groups in total. The monoisotopic (exact) mass is 357 g/mol. The lowest BCUT2D eigenvalue weighted by molar-refractivity contribution is -0.115. The Labute approximate surface area is 156 Å². The van der Waals surface area contributed by atoms with Crippen LogP contribution in [0.25, 0.3) is 10.9 Å². The number of hydrogen-bond donors (Lipinski definition) is 3. The van der Waals surface area contributed by atoms with E-state index in [0.717, 1.165) is 27.8 Å². The number of para-hydroxylation sites is 1. The van der Waals surface area contributed by atoms with Gasteiger partial charge in [-0.05, 0) is 35.4 Å². The van der Waals surface area contributed by atoms with E-state index in [-0.39, 0.29) is 5.91 Å². The number of anilines is 2. The molecular formula is C21H19N5O. The molecule has 0 atom stereocenters. The molecule has 134 valence electrons. The molecule has 0 bridgehead atoms. The second kappa shape index (κ2) is 7.70. The Balaban J connectivity index is 1.34. The number of hydrogen-bond acceptors (Lipinski definition) is 4. The van der Waals surface area contributed by atoms with Crippen LogP contribution >= 0.6 is 0 Å². The third-order valence-electron chi connectivity index (χ3n) is 4.27. The van der Waals surface area contributed by atoms with Gasteiger partial charge in [0.25, 0.3) is 0 Å². The summed E-state index contributed by atoms with van der Waals surface area (Å²) in [6.07, 6.45) is 7.40. The number of nitrogens with one attached hydrogen (secondary N) is 3. The van der Waals surface area contributed by atoms with Gasteiger partial charge in [-0.1, -0.05) is 24.3 Å². The molecule has 4 aromatic rings. The van der Waals surface area contributed by atoms with Gasteiger partial charge in [0, 0.05) is 36.0 Å². The Morgan fingerprint density at radius 1 is 1.04 bits per heavy atom. The highest BCUT2D eigenvalue weighted by molar-refractivity contribution is 5.95. The lowest BCUT2D eigenvalue weighted by Crippen LogP contribution is -2.14. The van der Waals surface area contributed by atoms with Crippen LogP contribution in [0.2, 0.25) is 0 Å². The van der Waals surface area contributed by atoms with Gasteiger partial charge in [0.1, 0.15) is 5.82 Å². The smallest absolute Gasteiger partial charge is 0.228 e. The third-order valence-corrected chi connectivity index (χ3v) is 4.27. The van der Waals surface area contributed by atoms with E-state index in [4.69, 9.17) is 0 Å². The molecule has 4 rings (SSSR count). The van der Waals surface area contributed by atoms with Crippen molar-refractivity contribution in [1.82, 2.24) is 15.0 Å². The van der Waals surface area contributed by atoms with Crippen molar-refractivity contribution in [3.8, 4) is 0 Å². The number of amides is 1. The maximum atomic E-state index is 12.3. The van der Waals surface area contributed by atoms with E-state index in [1.165, 1.54) is 0 Å². The zero-order valence-electron chi connectivity index (χ0n) is 14.6. The highest BCUT2D eigenvalue weighted by atomic mass is 16.1.